The Morgan fingerprint density at radius 1 is 1.89 bits per heavy atom. The van der Waals surface area contributed by atoms with Gasteiger partial charge in [-0.05, 0) is 17.2 Å². The minimum Gasteiger partial charge on any atom is -0.282 e. The van der Waals surface area contributed by atoms with E-state index in [1.165, 1.54) is 10.8 Å². The number of terminal acetylenes is 1. The zero-order valence-electron chi connectivity index (χ0n) is 4.70. The molecule has 2 nitrogen and oxygen atoms in total. The van der Waals surface area contributed by atoms with Gasteiger partial charge in [-0.2, -0.15) is 0 Å². The zero-order valence-corrected chi connectivity index (χ0v) is 6.33. The van der Waals surface area contributed by atoms with Gasteiger partial charge in [-0.15, -0.1) is 6.42 Å². The second kappa shape index (κ2) is 3.25. The molecule has 0 aromatic carbocycles. The van der Waals surface area contributed by atoms with Crippen molar-refractivity contribution >= 4 is 20.9 Å². The molecule has 0 radical (unpaired) electrons. The maximum absolute atomic E-state index is 10.6. The lowest BCUT2D eigenvalue weighted by Crippen LogP contribution is -2.13. The van der Waals surface area contributed by atoms with Crippen molar-refractivity contribution in [2.75, 3.05) is 6.61 Å². The van der Waals surface area contributed by atoms with Crippen LogP contribution in [-0.2, 0) is 14.3 Å². The van der Waals surface area contributed by atoms with E-state index in [1.54, 1.807) is 0 Å². The van der Waals surface area contributed by atoms with Crippen LogP contribution in [0.3, 0.4) is 0 Å². The largest absolute Gasteiger partial charge is 0.282 e. The summed E-state index contributed by atoms with van der Waals surface area (Å²) in [6.45, 7) is 0.522. The highest BCUT2D eigenvalue weighted by atomic mass is 33.1. The van der Waals surface area contributed by atoms with Crippen LogP contribution in [0, 0.1) is 12.3 Å². The van der Waals surface area contributed by atoms with Crippen molar-refractivity contribution in [3.8, 4) is 12.3 Å². The van der Waals surface area contributed by atoms with Crippen LogP contribution in [0.4, 0.5) is 0 Å². The van der Waals surface area contributed by atoms with Crippen molar-refractivity contribution < 1.29 is 8.39 Å². The highest BCUT2D eigenvalue weighted by Gasteiger charge is 2.17. The molecule has 0 N–H and O–H groups in total. The van der Waals surface area contributed by atoms with Crippen LogP contribution in [0.25, 0.3) is 0 Å². The SMILES string of the molecule is C#CC1CCOS(=O)S1. The summed E-state index contributed by atoms with van der Waals surface area (Å²) in [4.78, 5) is 0. The third-order valence-electron chi connectivity index (χ3n) is 0.940. The summed E-state index contributed by atoms with van der Waals surface area (Å²) in [5.74, 6) is 2.52. The Morgan fingerprint density at radius 3 is 3.11 bits per heavy atom. The average Bonchev–Trinajstić information content (AvgIpc) is 1.88. The van der Waals surface area contributed by atoms with E-state index in [4.69, 9.17) is 10.6 Å². The Hall–Kier alpha value is 0.0200. The fourth-order valence-corrected chi connectivity index (χ4v) is 2.63. The van der Waals surface area contributed by atoms with Crippen LogP contribution < -0.4 is 0 Å². The van der Waals surface area contributed by atoms with Crippen LogP contribution in [0.2, 0.25) is 0 Å². The quantitative estimate of drug-likeness (QED) is 0.388. The molecule has 1 aliphatic rings. The highest BCUT2D eigenvalue weighted by Crippen LogP contribution is 2.24. The van der Waals surface area contributed by atoms with Crippen molar-refractivity contribution in [2.45, 2.75) is 11.7 Å². The topological polar surface area (TPSA) is 26.3 Å². The first-order chi connectivity index (χ1) is 4.33. The van der Waals surface area contributed by atoms with E-state index in [1.807, 2.05) is 0 Å². The standard InChI is InChI=1S/C5H6O2S2/c1-2-5-3-4-7-9(6)8-5/h1,5H,3-4H2. The normalized spacial score (nSPS) is 35.4. The van der Waals surface area contributed by atoms with Gasteiger partial charge >= 0.3 is 0 Å². The molecule has 0 aromatic rings. The molecule has 1 fully saturated rings. The summed E-state index contributed by atoms with van der Waals surface area (Å²) in [7, 11) is 0.00424. The molecule has 0 spiro atoms. The first-order valence-corrected chi connectivity index (χ1v) is 4.98. The molecule has 1 heterocycles. The molecule has 0 amide bonds. The van der Waals surface area contributed by atoms with Crippen molar-refractivity contribution in [1.29, 1.82) is 0 Å². The Labute approximate surface area is 60.4 Å². The lowest BCUT2D eigenvalue weighted by Gasteiger charge is -2.13. The number of hydrogen-bond donors (Lipinski definition) is 0. The van der Waals surface area contributed by atoms with Gasteiger partial charge in [0.1, 0.15) is 0 Å². The summed E-state index contributed by atoms with van der Waals surface area (Å²) in [6.07, 6.45) is 5.92. The molecule has 0 bridgehead atoms. The first kappa shape index (κ1) is 7.13. The van der Waals surface area contributed by atoms with Crippen molar-refractivity contribution in [3.63, 3.8) is 0 Å². The molecule has 1 rings (SSSR count). The van der Waals surface area contributed by atoms with E-state index in [0.29, 0.717) is 6.61 Å². The Morgan fingerprint density at radius 2 is 2.67 bits per heavy atom. The molecule has 0 saturated carbocycles. The summed E-state index contributed by atoms with van der Waals surface area (Å²) in [6, 6.07) is 0. The molecule has 0 aliphatic carbocycles. The molecule has 2 atom stereocenters. The Kier molecular flexibility index (Phi) is 2.58. The molecule has 4 heteroatoms. The van der Waals surface area contributed by atoms with Gasteiger partial charge in [0.2, 0.25) is 10.1 Å². The van der Waals surface area contributed by atoms with E-state index in [9.17, 15) is 4.21 Å². The fraction of sp³-hybridized carbons (Fsp3) is 0.600. The third kappa shape index (κ3) is 2.01. The van der Waals surface area contributed by atoms with Crippen LogP contribution in [-0.4, -0.2) is 16.1 Å². The highest BCUT2D eigenvalue weighted by molar-refractivity contribution is 8.67. The van der Waals surface area contributed by atoms with E-state index >= 15 is 0 Å². The zero-order chi connectivity index (χ0) is 6.69. The van der Waals surface area contributed by atoms with Crippen molar-refractivity contribution in [1.82, 2.24) is 0 Å². The maximum Gasteiger partial charge on any atom is 0.220 e. The van der Waals surface area contributed by atoms with E-state index in [0.717, 1.165) is 6.42 Å². The summed E-state index contributed by atoms with van der Waals surface area (Å²) < 4.78 is 15.3. The Balaban J connectivity index is 2.43. The minimum absolute atomic E-state index is 0.0829. The van der Waals surface area contributed by atoms with Gasteiger partial charge in [0.25, 0.3) is 0 Å². The van der Waals surface area contributed by atoms with E-state index in [2.05, 4.69) is 5.92 Å². The van der Waals surface area contributed by atoms with Crippen molar-refractivity contribution in [2.24, 2.45) is 0 Å². The van der Waals surface area contributed by atoms with Crippen LogP contribution in [0.5, 0.6) is 0 Å². The third-order valence-corrected chi connectivity index (χ3v) is 3.52. The van der Waals surface area contributed by atoms with Crippen LogP contribution >= 0.6 is 10.8 Å². The van der Waals surface area contributed by atoms with Gasteiger partial charge in [0, 0.05) is 0 Å². The number of rotatable bonds is 0. The van der Waals surface area contributed by atoms with Crippen LogP contribution in [0.15, 0.2) is 0 Å². The average molecular weight is 162 g/mol. The second-order valence-corrected chi connectivity index (χ2v) is 4.37. The summed E-state index contributed by atoms with van der Waals surface area (Å²) in [5.41, 5.74) is 0. The fourth-order valence-electron chi connectivity index (χ4n) is 0.505. The predicted octanol–water partition coefficient (Wildman–Crippen LogP) is 0.720. The number of hydrogen-bond acceptors (Lipinski definition) is 3. The first-order valence-electron chi connectivity index (χ1n) is 2.51. The molecule has 1 aliphatic heterocycles. The van der Waals surface area contributed by atoms with E-state index in [-0.39, 0.29) is 5.25 Å². The lowest BCUT2D eigenvalue weighted by atomic mass is 10.3. The maximum atomic E-state index is 10.6. The minimum atomic E-state index is -1.20. The molecule has 0 aromatic heterocycles. The molecule has 50 valence electrons. The summed E-state index contributed by atoms with van der Waals surface area (Å²) in [5, 5.41) is 0.0829. The molecular formula is C5H6O2S2. The second-order valence-electron chi connectivity index (χ2n) is 1.57. The lowest BCUT2D eigenvalue weighted by molar-refractivity contribution is 0.347. The van der Waals surface area contributed by atoms with Gasteiger partial charge in [0.15, 0.2) is 0 Å². The predicted molar refractivity (Wildman–Crippen MR) is 38.9 cm³/mol. The van der Waals surface area contributed by atoms with Gasteiger partial charge in [-0.1, -0.05) is 5.92 Å². The molecular weight excluding hydrogens is 156 g/mol. The van der Waals surface area contributed by atoms with Crippen LogP contribution in [0.1, 0.15) is 6.42 Å². The Bertz CT molecular complexity index is 161. The van der Waals surface area contributed by atoms with Crippen molar-refractivity contribution in [3.05, 3.63) is 0 Å². The van der Waals surface area contributed by atoms with Gasteiger partial charge in [-0.25, -0.2) is 4.21 Å². The molecule has 9 heavy (non-hydrogen) atoms. The molecule has 1 saturated heterocycles. The molecule has 2 unspecified atom stereocenters. The smallest absolute Gasteiger partial charge is 0.220 e. The summed E-state index contributed by atoms with van der Waals surface area (Å²) >= 11 is 0. The van der Waals surface area contributed by atoms with Gasteiger partial charge in [-0.3, -0.25) is 4.18 Å². The van der Waals surface area contributed by atoms with E-state index < -0.39 is 10.1 Å². The van der Waals surface area contributed by atoms with Gasteiger partial charge < -0.3 is 0 Å². The van der Waals surface area contributed by atoms with Gasteiger partial charge in [0.05, 0.1) is 11.9 Å². The monoisotopic (exact) mass is 162 g/mol.